The number of fused-ring (bicyclic) bond motifs is 1. The van der Waals surface area contributed by atoms with Crippen LogP contribution in [0.15, 0.2) is 29.6 Å². The van der Waals surface area contributed by atoms with Crippen molar-refractivity contribution in [2.75, 3.05) is 6.61 Å². The van der Waals surface area contributed by atoms with Crippen LogP contribution in [0, 0.1) is 0 Å². The van der Waals surface area contributed by atoms with E-state index in [1.165, 1.54) is 0 Å². The number of esters is 1. The molecule has 0 saturated carbocycles. The Kier molecular flexibility index (Phi) is 4.22. The highest BCUT2D eigenvalue weighted by atomic mass is 35.5. The smallest absolute Gasteiger partial charge is 0.327 e. The summed E-state index contributed by atoms with van der Waals surface area (Å²) in [5.41, 5.74) is 0.619. The monoisotopic (exact) mass is 284 g/mol. The lowest BCUT2D eigenvalue weighted by atomic mass is 10.0. The van der Waals surface area contributed by atoms with Gasteiger partial charge < -0.3 is 9.84 Å². The highest BCUT2D eigenvalue weighted by Crippen LogP contribution is 2.28. The van der Waals surface area contributed by atoms with Crippen LogP contribution in [0.1, 0.15) is 18.6 Å². The summed E-state index contributed by atoms with van der Waals surface area (Å²) in [6.07, 6.45) is -1.06. The number of hydrogen-bond acceptors (Lipinski definition) is 4. The Labute approximate surface area is 114 Å². The molecule has 3 nitrogen and oxygen atoms in total. The van der Waals surface area contributed by atoms with Crippen molar-refractivity contribution in [3.63, 3.8) is 0 Å². The van der Waals surface area contributed by atoms with Gasteiger partial charge in [-0.2, -0.15) is 0 Å². The van der Waals surface area contributed by atoms with E-state index < -0.39 is 17.5 Å². The van der Waals surface area contributed by atoms with Crippen molar-refractivity contribution in [1.29, 1.82) is 0 Å². The average Bonchev–Trinajstić information content (AvgIpc) is 2.84. The summed E-state index contributed by atoms with van der Waals surface area (Å²) in [5, 5.41) is 12.0. The summed E-state index contributed by atoms with van der Waals surface area (Å²) in [6, 6.07) is 7.49. The molecule has 1 N–H and O–H groups in total. The Balaban J connectivity index is 2.21. The number of thiophene rings is 1. The normalized spacial score (nSPS) is 14.4. The Morgan fingerprint density at radius 1 is 1.50 bits per heavy atom. The van der Waals surface area contributed by atoms with E-state index in [4.69, 9.17) is 16.3 Å². The van der Waals surface area contributed by atoms with Crippen LogP contribution in [0.4, 0.5) is 0 Å². The van der Waals surface area contributed by atoms with Gasteiger partial charge in [-0.3, -0.25) is 4.79 Å². The minimum atomic E-state index is -1.08. The zero-order valence-electron chi connectivity index (χ0n) is 9.80. The van der Waals surface area contributed by atoms with Gasteiger partial charge in [-0.05, 0) is 41.5 Å². The first kappa shape index (κ1) is 13.3. The number of hydrogen-bond donors (Lipinski definition) is 1. The van der Waals surface area contributed by atoms with Gasteiger partial charge in [-0.1, -0.05) is 6.07 Å². The molecule has 1 aromatic heterocycles. The molecule has 0 radical (unpaired) electrons. The predicted octanol–water partition coefficient (Wildman–Crippen LogP) is 3.11. The van der Waals surface area contributed by atoms with E-state index in [0.717, 1.165) is 10.1 Å². The van der Waals surface area contributed by atoms with Gasteiger partial charge in [0.15, 0.2) is 5.38 Å². The van der Waals surface area contributed by atoms with Gasteiger partial charge >= 0.3 is 5.97 Å². The lowest BCUT2D eigenvalue weighted by Crippen LogP contribution is -2.25. The Morgan fingerprint density at radius 2 is 2.28 bits per heavy atom. The number of carbonyl (C=O) groups is 1. The van der Waals surface area contributed by atoms with Gasteiger partial charge in [0.05, 0.1) is 6.61 Å². The molecule has 0 spiro atoms. The molecule has 0 bridgehead atoms. The molecule has 0 aliphatic carbocycles. The van der Waals surface area contributed by atoms with Gasteiger partial charge in [-0.25, -0.2) is 0 Å². The minimum Gasteiger partial charge on any atom is -0.465 e. The highest BCUT2D eigenvalue weighted by Gasteiger charge is 2.27. The molecule has 0 amide bonds. The third-order valence-corrected chi connectivity index (χ3v) is 3.92. The molecule has 2 aromatic rings. The molecule has 5 heteroatoms. The SMILES string of the molecule is CCOC(=O)C(Cl)C(O)c1ccc2sccc2c1. The van der Waals surface area contributed by atoms with Crippen molar-refractivity contribution in [2.45, 2.75) is 18.4 Å². The molecule has 0 fully saturated rings. The first-order chi connectivity index (χ1) is 8.63. The standard InChI is InChI=1S/C13H13ClO3S/c1-2-17-13(16)11(14)12(15)9-3-4-10-8(7-9)5-6-18-10/h3-7,11-12,15H,2H2,1H3. The van der Waals surface area contributed by atoms with Crippen LogP contribution in [0.3, 0.4) is 0 Å². The van der Waals surface area contributed by atoms with Gasteiger partial charge in [-0.15, -0.1) is 22.9 Å². The van der Waals surface area contributed by atoms with Crippen LogP contribution in [0.2, 0.25) is 0 Å². The van der Waals surface area contributed by atoms with Gasteiger partial charge in [0.25, 0.3) is 0 Å². The lowest BCUT2D eigenvalue weighted by molar-refractivity contribution is -0.144. The summed E-state index contributed by atoms with van der Waals surface area (Å²) in [7, 11) is 0. The van der Waals surface area contributed by atoms with E-state index >= 15 is 0 Å². The predicted molar refractivity (Wildman–Crippen MR) is 73.1 cm³/mol. The fraction of sp³-hybridized carbons (Fsp3) is 0.308. The van der Waals surface area contributed by atoms with E-state index in [1.54, 1.807) is 24.3 Å². The van der Waals surface area contributed by atoms with Crippen LogP contribution in [-0.4, -0.2) is 23.1 Å². The Bertz CT molecular complexity index is 552. The lowest BCUT2D eigenvalue weighted by Gasteiger charge is -2.16. The zero-order valence-corrected chi connectivity index (χ0v) is 11.4. The number of aliphatic hydroxyl groups is 1. The van der Waals surface area contributed by atoms with Gasteiger partial charge in [0, 0.05) is 4.70 Å². The summed E-state index contributed by atoms with van der Waals surface area (Å²) >= 11 is 7.52. The quantitative estimate of drug-likeness (QED) is 0.693. The molecule has 1 aromatic carbocycles. The molecule has 2 rings (SSSR count). The Hall–Kier alpha value is -1.10. The average molecular weight is 285 g/mol. The second-order valence-electron chi connectivity index (χ2n) is 3.82. The van der Waals surface area contributed by atoms with Crippen molar-refractivity contribution in [1.82, 2.24) is 0 Å². The molecule has 18 heavy (non-hydrogen) atoms. The molecule has 96 valence electrons. The van der Waals surface area contributed by atoms with Crippen molar-refractivity contribution in [3.8, 4) is 0 Å². The summed E-state index contributed by atoms with van der Waals surface area (Å²) in [5.74, 6) is -0.600. The number of alkyl halides is 1. The number of halogens is 1. The van der Waals surface area contributed by atoms with E-state index in [0.29, 0.717) is 5.56 Å². The van der Waals surface area contributed by atoms with E-state index in [-0.39, 0.29) is 6.61 Å². The maximum absolute atomic E-state index is 11.5. The van der Waals surface area contributed by atoms with Crippen molar-refractivity contribution in [2.24, 2.45) is 0 Å². The van der Waals surface area contributed by atoms with Crippen LogP contribution < -0.4 is 0 Å². The number of aliphatic hydroxyl groups excluding tert-OH is 1. The maximum atomic E-state index is 11.5. The fourth-order valence-corrected chi connectivity index (χ4v) is 2.67. The number of ether oxygens (including phenoxy) is 1. The molecular formula is C13H13ClO3S. The fourth-order valence-electron chi connectivity index (χ4n) is 1.69. The largest absolute Gasteiger partial charge is 0.465 e. The van der Waals surface area contributed by atoms with E-state index in [1.807, 2.05) is 23.6 Å². The molecule has 0 aliphatic rings. The van der Waals surface area contributed by atoms with Gasteiger partial charge in [0.1, 0.15) is 6.10 Å². The van der Waals surface area contributed by atoms with Crippen molar-refractivity contribution in [3.05, 3.63) is 35.2 Å². The topological polar surface area (TPSA) is 46.5 Å². The van der Waals surface area contributed by atoms with Crippen LogP contribution in [0.25, 0.3) is 10.1 Å². The number of rotatable bonds is 4. The first-order valence-electron chi connectivity index (χ1n) is 5.59. The molecule has 0 aliphatic heterocycles. The van der Waals surface area contributed by atoms with E-state index in [9.17, 15) is 9.90 Å². The molecule has 2 atom stereocenters. The summed E-state index contributed by atoms with van der Waals surface area (Å²) in [4.78, 5) is 11.5. The first-order valence-corrected chi connectivity index (χ1v) is 6.91. The minimum absolute atomic E-state index is 0.248. The molecular weight excluding hydrogens is 272 g/mol. The van der Waals surface area contributed by atoms with E-state index in [2.05, 4.69) is 0 Å². The highest BCUT2D eigenvalue weighted by molar-refractivity contribution is 7.17. The maximum Gasteiger partial charge on any atom is 0.327 e. The molecule has 1 heterocycles. The number of carbonyl (C=O) groups excluding carboxylic acids is 1. The third kappa shape index (κ3) is 2.66. The van der Waals surface area contributed by atoms with Crippen LogP contribution in [0.5, 0.6) is 0 Å². The molecule has 2 unspecified atom stereocenters. The van der Waals surface area contributed by atoms with Crippen molar-refractivity contribution < 1.29 is 14.6 Å². The summed E-state index contributed by atoms with van der Waals surface area (Å²) < 4.78 is 5.92. The van der Waals surface area contributed by atoms with Crippen LogP contribution >= 0.6 is 22.9 Å². The number of benzene rings is 1. The molecule has 0 saturated heterocycles. The van der Waals surface area contributed by atoms with Crippen LogP contribution in [-0.2, 0) is 9.53 Å². The second-order valence-corrected chi connectivity index (χ2v) is 5.23. The Morgan fingerprint density at radius 3 is 3.00 bits per heavy atom. The third-order valence-electron chi connectivity index (χ3n) is 2.61. The summed E-state index contributed by atoms with van der Waals surface area (Å²) in [6.45, 7) is 1.95. The zero-order chi connectivity index (χ0) is 13.1. The van der Waals surface area contributed by atoms with Gasteiger partial charge in [0.2, 0.25) is 0 Å². The van der Waals surface area contributed by atoms with Crippen molar-refractivity contribution >= 4 is 39.0 Å². The second kappa shape index (κ2) is 5.69.